The second-order valence-electron chi connectivity index (χ2n) is 5.08. The number of H-pyrrole nitrogens is 1. The first kappa shape index (κ1) is 17.5. The molecular formula is C16H22N2O4S. The molecule has 0 aliphatic rings. The van der Waals surface area contributed by atoms with Crippen LogP contribution in [0.1, 0.15) is 16.9 Å². The van der Waals surface area contributed by atoms with Crippen molar-refractivity contribution < 1.29 is 19.4 Å². The van der Waals surface area contributed by atoms with Gasteiger partial charge in [0.1, 0.15) is 17.2 Å². The van der Waals surface area contributed by atoms with Crippen LogP contribution >= 0.6 is 11.8 Å². The van der Waals surface area contributed by atoms with Crippen LogP contribution in [0, 0.1) is 0 Å². The maximum atomic E-state index is 12.4. The number of rotatable bonds is 8. The number of fused-ring (bicyclic) bond motifs is 1. The van der Waals surface area contributed by atoms with Gasteiger partial charge in [-0.15, -0.1) is 0 Å². The Hall–Kier alpha value is -1.86. The maximum Gasteiger partial charge on any atom is 0.268 e. The molecule has 0 bridgehead atoms. The number of thioether (sulfide) groups is 1. The van der Waals surface area contributed by atoms with Crippen molar-refractivity contribution >= 4 is 28.6 Å². The Morgan fingerprint density at radius 2 is 2.04 bits per heavy atom. The van der Waals surface area contributed by atoms with E-state index in [4.69, 9.17) is 9.47 Å². The Kier molecular flexibility index (Phi) is 6.18. The van der Waals surface area contributed by atoms with Crippen molar-refractivity contribution in [3.8, 4) is 11.5 Å². The topological polar surface area (TPSA) is 83.6 Å². The van der Waals surface area contributed by atoms with E-state index in [-0.39, 0.29) is 18.6 Å². The van der Waals surface area contributed by atoms with E-state index in [0.717, 1.165) is 17.6 Å². The van der Waals surface area contributed by atoms with Crippen LogP contribution in [-0.2, 0) is 0 Å². The number of nitrogens with one attached hydrogen (secondary N) is 2. The van der Waals surface area contributed by atoms with Gasteiger partial charge in [-0.25, -0.2) is 0 Å². The zero-order chi connectivity index (χ0) is 16.8. The van der Waals surface area contributed by atoms with Crippen molar-refractivity contribution in [3.63, 3.8) is 0 Å². The van der Waals surface area contributed by atoms with E-state index >= 15 is 0 Å². The van der Waals surface area contributed by atoms with E-state index in [0.29, 0.717) is 22.7 Å². The summed E-state index contributed by atoms with van der Waals surface area (Å²) in [5.74, 6) is 1.92. The van der Waals surface area contributed by atoms with E-state index in [1.807, 2.05) is 6.26 Å². The van der Waals surface area contributed by atoms with Crippen LogP contribution in [0.2, 0.25) is 0 Å². The number of benzene rings is 1. The highest BCUT2D eigenvalue weighted by Crippen LogP contribution is 2.33. The second kappa shape index (κ2) is 8.12. The largest absolute Gasteiger partial charge is 0.496 e. The highest BCUT2D eigenvalue weighted by Gasteiger charge is 2.17. The van der Waals surface area contributed by atoms with Crippen molar-refractivity contribution in [1.29, 1.82) is 0 Å². The number of aromatic amines is 1. The van der Waals surface area contributed by atoms with Crippen LogP contribution < -0.4 is 14.8 Å². The summed E-state index contributed by atoms with van der Waals surface area (Å²) in [5.41, 5.74) is 1.12. The predicted octanol–water partition coefficient (Wildman–Crippen LogP) is 2.03. The van der Waals surface area contributed by atoms with Gasteiger partial charge in [-0.2, -0.15) is 11.8 Å². The Morgan fingerprint density at radius 3 is 2.65 bits per heavy atom. The predicted molar refractivity (Wildman–Crippen MR) is 92.7 cm³/mol. The van der Waals surface area contributed by atoms with Gasteiger partial charge in [0.2, 0.25) is 0 Å². The fourth-order valence-electron chi connectivity index (χ4n) is 2.37. The van der Waals surface area contributed by atoms with Gasteiger partial charge < -0.3 is 24.9 Å². The summed E-state index contributed by atoms with van der Waals surface area (Å²) in [4.78, 5) is 15.5. The summed E-state index contributed by atoms with van der Waals surface area (Å²) < 4.78 is 10.6. The van der Waals surface area contributed by atoms with Crippen molar-refractivity contribution in [3.05, 3.63) is 23.9 Å². The zero-order valence-electron chi connectivity index (χ0n) is 13.5. The Bertz CT molecular complexity index is 630. The average molecular weight is 338 g/mol. The molecule has 3 N–H and O–H groups in total. The van der Waals surface area contributed by atoms with Crippen LogP contribution in [0.15, 0.2) is 18.2 Å². The molecule has 0 saturated carbocycles. The Morgan fingerprint density at radius 1 is 1.35 bits per heavy atom. The molecule has 0 spiro atoms. The number of carbonyl (C=O) groups is 1. The van der Waals surface area contributed by atoms with Gasteiger partial charge in [-0.1, -0.05) is 0 Å². The first-order valence-corrected chi connectivity index (χ1v) is 8.68. The lowest BCUT2D eigenvalue weighted by atomic mass is 10.2. The quantitative estimate of drug-likeness (QED) is 0.686. The molecule has 2 aromatic rings. The molecule has 126 valence electrons. The fraction of sp³-hybridized carbons (Fsp3) is 0.438. The van der Waals surface area contributed by atoms with Gasteiger partial charge in [-0.3, -0.25) is 4.79 Å². The summed E-state index contributed by atoms with van der Waals surface area (Å²) in [6.07, 6.45) is 2.71. The lowest BCUT2D eigenvalue weighted by Gasteiger charge is -2.14. The van der Waals surface area contributed by atoms with Gasteiger partial charge in [0.25, 0.3) is 5.91 Å². The molecule has 1 atom stereocenters. The highest BCUT2D eigenvalue weighted by molar-refractivity contribution is 7.98. The molecule has 1 amide bonds. The van der Waals surface area contributed by atoms with Gasteiger partial charge in [0.15, 0.2) is 0 Å². The first-order chi connectivity index (χ1) is 11.1. The number of aromatic nitrogens is 1. The number of aliphatic hydroxyl groups excluding tert-OH is 1. The van der Waals surface area contributed by atoms with Gasteiger partial charge in [-0.05, 0) is 36.6 Å². The number of carbonyl (C=O) groups excluding carboxylic acids is 1. The van der Waals surface area contributed by atoms with Crippen molar-refractivity contribution in [2.24, 2.45) is 0 Å². The molecule has 7 heteroatoms. The Labute approximate surface area is 139 Å². The monoisotopic (exact) mass is 338 g/mol. The zero-order valence-corrected chi connectivity index (χ0v) is 14.3. The van der Waals surface area contributed by atoms with Crippen molar-refractivity contribution in [2.45, 2.75) is 12.5 Å². The van der Waals surface area contributed by atoms with Crippen LogP contribution in [0.25, 0.3) is 10.9 Å². The number of hydrogen-bond acceptors (Lipinski definition) is 5. The molecule has 0 aliphatic carbocycles. The van der Waals surface area contributed by atoms with Gasteiger partial charge in [0, 0.05) is 5.39 Å². The molecule has 0 fully saturated rings. The number of methoxy groups -OCH3 is 2. The van der Waals surface area contributed by atoms with E-state index in [1.54, 1.807) is 44.2 Å². The maximum absolute atomic E-state index is 12.4. The number of aliphatic hydroxyl groups is 1. The number of ether oxygens (including phenoxy) is 2. The van der Waals surface area contributed by atoms with E-state index in [1.165, 1.54) is 0 Å². The molecule has 1 aromatic heterocycles. The summed E-state index contributed by atoms with van der Waals surface area (Å²) >= 11 is 1.68. The molecule has 0 saturated heterocycles. The third-order valence-corrected chi connectivity index (χ3v) is 4.27. The molecular weight excluding hydrogens is 316 g/mol. The normalized spacial score (nSPS) is 12.2. The molecule has 1 aromatic carbocycles. The van der Waals surface area contributed by atoms with Gasteiger partial charge in [0.05, 0.1) is 32.4 Å². The molecule has 0 aliphatic heterocycles. The molecule has 1 heterocycles. The first-order valence-electron chi connectivity index (χ1n) is 7.29. The molecule has 0 radical (unpaired) electrons. The number of amides is 1. The minimum Gasteiger partial charge on any atom is -0.496 e. The third kappa shape index (κ3) is 3.92. The molecule has 0 unspecified atom stereocenters. The lowest BCUT2D eigenvalue weighted by Crippen LogP contribution is -2.38. The smallest absolute Gasteiger partial charge is 0.268 e. The Balaban J connectivity index is 2.27. The molecule has 2 rings (SSSR count). The van der Waals surface area contributed by atoms with Crippen LogP contribution in [0.3, 0.4) is 0 Å². The van der Waals surface area contributed by atoms with Crippen molar-refractivity contribution in [2.75, 3.05) is 32.8 Å². The minimum atomic E-state index is -0.259. The number of hydrogen-bond donors (Lipinski definition) is 3. The minimum absolute atomic E-state index is 0.0842. The fourth-order valence-corrected chi connectivity index (χ4v) is 2.89. The summed E-state index contributed by atoms with van der Waals surface area (Å²) in [6.45, 7) is -0.0842. The summed E-state index contributed by atoms with van der Waals surface area (Å²) in [6, 6.07) is 5.06. The van der Waals surface area contributed by atoms with E-state index < -0.39 is 0 Å². The molecule has 23 heavy (non-hydrogen) atoms. The van der Waals surface area contributed by atoms with E-state index in [9.17, 15) is 9.90 Å². The van der Waals surface area contributed by atoms with Crippen LogP contribution in [0.5, 0.6) is 11.5 Å². The summed E-state index contributed by atoms with van der Waals surface area (Å²) in [7, 11) is 3.16. The third-order valence-electron chi connectivity index (χ3n) is 3.63. The highest BCUT2D eigenvalue weighted by atomic mass is 32.2. The SMILES string of the molecule is COc1ccc(OC)c2[nH]c(C(=O)N[C@H](CO)CCSC)cc12. The van der Waals surface area contributed by atoms with Crippen LogP contribution in [-0.4, -0.2) is 54.9 Å². The van der Waals surface area contributed by atoms with Crippen molar-refractivity contribution in [1.82, 2.24) is 10.3 Å². The van der Waals surface area contributed by atoms with Gasteiger partial charge >= 0.3 is 0 Å². The van der Waals surface area contributed by atoms with Crippen LogP contribution in [0.4, 0.5) is 0 Å². The summed E-state index contributed by atoms with van der Waals surface area (Å²) in [5, 5.41) is 13.0. The standard InChI is InChI=1S/C16H22N2O4S/c1-21-13-4-5-14(22-2)15-11(13)8-12(18-15)16(20)17-10(9-19)6-7-23-3/h4-5,8,10,18-19H,6-7,9H2,1-3H3,(H,17,20)/t10-/m0/s1. The molecule has 6 nitrogen and oxygen atoms in total. The average Bonchev–Trinajstić information content (AvgIpc) is 3.02. The lowest BCUT2D eigenvalue weighted by molar-refractivity contribution is 0.0911. The second-order valence-corrected chi connectivity index (χ2v) is 6.06. The van der Waals surface area contributed by atoms with E-state index in [2.05, 4.69) is 10.3 Å².